The molecule has 0 N–H and O–H groups in total. The molecular formula is C18H16N2O2. The zero-order chi connectivity index (χ0) is 15.2. The smallest absolute Gasteiger partial charge is 0.414 e. The molecule has 0 aliphatic carbocycles. The maximum absolute atomic E-state index is 5.60. The lowest BCUT2D eigenvalue weighted by Crippen LogP contribution is -1.90. The predicted molar refractivity (Wildman–Crippen MR) is 85.3 cm³/mol. The first-order valence-electron chi connectivity index (χ1n) is 7.15. The third-order valence-corrected chi connectivity index (χ3v) is 3.10. The van der Waals surface area contributed by atoms with Crippen molar-refractivity contribution >= 4 is 11.6 Å². The monoisotopic (exact) mass is 292 g/mol. The van der Waals surface area contributed by atoms with Gasteiger partial charge >= 0.3 is 6.08 Å². The van der Waals surface area contributed by atoms with E-state index in [4.69, 9.17) is 9.15 Å². The molecular weight excluding hydrogens is 276 g/mol. The van der Waals surface area contributed by atoms with Crippen LogP contribution in [0.4, 0.5) is 0 Å². The fourth-order valence-electron chi connectivity index (χ4n) is 2.10. The molecule has 0 radical (unpaired) electrons. The SMILES string of the molecule is CCOc1nnc(C(=Cc2ccccc2)c2ccccc2)o1. The van der Waals surface area contributed by atoms with Gasteiger partial charge in [-0.05, 0) is 24.1 Å². The van der Waals surface area contributed by atoms with E-state index < -0.39 is 0 Å². The van der Waals surface area contributed by atoms with E-state index in [2.05, 4.69) is 10.2 Å². The highest BCUT2D eigenvalue weighted by Crippen LogP contribution is 2.26. The van der Waals surface area contributed by atoms with Gasteiger partial charge in [-0.2, -0.15) is 0 Å². The third kappa shape index (κ3) is 3.23. The molecule has 22 heavy (non-hydrogen) atoms. The first-order chi connectivity index (χ1) is 10.9. The Morgan fingerprint density at radius 1 is 1.00 bits per heavy atom. The van der Waals surface area contributed by atoms with E-state index in [1.165, 1.54) is 0 Å². The first kappa shape index (κ1) is 14.1. The van der Waals surface area contributed by atoms with Crippen molar-refractivity contribution in [1.82, 2.24) is 10.2 Å². The Morgan fingerprint density at radius 2 is 1.68 bits per heavy atom. The summed E-state index contributed by atoms with van der Waals surface area (Å²) in [4.78, 5) is 0. The van der Waals surface area contributed by atoms with E-state index in [1.807, 2.05) is 73.7 Å². The van der Waals surface area contributed by atoms with Crippen LogP contribution in [0.25, 0.3) is 11.6 Å². The molecule has 1 aromatic heterocycles. The van der Waals surface area contributed by atoms with Gasteiger partial charge in [-0.1, -0.05) is 65.8 Å². The van der Waals surface area contributed by atoms with Gasteiger partial charge in [0.05, 0.1) is 6.61 Å². The Morgan fingerprint density at radius 3 is 2.36 bits per heavy atom. The number of nitrogens with zero attached hydrogens (tertiary/aromatic N) is 2. The molecule has 0 atom stereocenters. The van der Waals surface area contributed by atoms with Crippen molar-refractivity contribution in [3.05, 3.63) is 77.7 Å². The second-order valence-electron chi connectivity index (χ2n) is 4.64. The normalized spacial score (nSPS) is 11.4. The standard InChI is InChI=1S/C18H16N2O2/c1-2-21-18-20-19-17(22-18)16(15-11-7-4-8-12-15)13-14-9-5-3-6-10-14/h3-13H,2H2,1H3. The van der Waals surface area contributed by atoms with Gasteiger partial charge in [0, 0.05) is 5.57 Å². The summed E-state index contributed by atoms with van der Waals surface area (Å²) in [5, 5.41) is 8.01. The Hall–Kier alpha value is -2.88. The minimum absolute atomic E-state index is 0.187. The minimum Gasteiger partial charge on any atom is -0.449 e. The number of benzene rings is 2. The molecule has 0 fully saturated rings. The lowest BCUT2D eigenvalue weighted by Gasteiger charge is -2.03. The highest BCUT2D eigenvalue weighted by atomic mass is 16.6. The number of rotatable bonds is 5. The zero-order valence-corrected chi connectivity index (χ0v) is 12.3. The fraction of sp³-hybridized carbons (Fsp3) is 0.111. The molecule has 0 saturated carbocycles. The largest absolute Gasteiger partial charge is 0.449 e. The fourth-order valence-corrected chi connectivity index (χ4v) is 2.10. The van der Waals surface area contributed by atoms with Crippen LogP contribution < -0.4 is 4.74 Å². The lowest BCUT2D eigenvalue weighted by atomic mass is 10.0. The maximum Gasteiger partial charge on any atom is 0.414 e. The van der Waals surface area contributed by atoms with E-state index in [9.17, 15) is 0 Å². The molecule has 0 spiro atoms. The lowest BCUT2D eigenvalue weighted by molar-refractivity contribution is 0.242. The molecule has 3 aromatic rings. The topological polar surface area (TPSA) is 48.2 Å². The summed E-state index contributed by atoms with van der Waals surface area (Å²) in [7, 11) is 0. The summed E-state index contributed by atoms with van der Waals surface area (Å²) in [5.41, 5.74) is 2.95. The van der Waals surface area contributed by atoms with Gasteiger partial charge < -0.3 is 9.15 Å². The molecule has 0 unspecified atom stereocenters. The summed E-state index contributed by atoms with van der Waals surface area (Å²) in [6.45, 7) is 2.37. The van der Waals surface area contributed by atoms with Gasteiger partial charge in [0.1, 0.15) is 0 Å². The van der Waals surface area contributed by atoms with Crippen molar-refractivity contribution in [2.45, 2.75) is 6.92 Å². The molecule has 1 heterocycles. The molecule has 0 aliphatic rings. The van der Waals surface area contributed by atoms with Crippen LogP contribution in [0.5, 0.6) is 6.08 Å². The summed E-state index contributed by atoms with van der Waals surface area (Å²) in [5.74, 6) is 0.443. The summed E-state index contributed by atoms with van der Waals surface area (Å²) in [6.07, 6.45) is 2.21. The molecule has 110 valence electrons. The van der Waals surface area contributed by atoms with Crippen molar-refractivity contribution in [3.8, 4) is 6.08 Å². The molecule has 3 rings (SSSR count). The van der Waals surface area contributed by atoms with E-state index in [-0.39, 0.29) is 6.08 Å². The molecule has 2 aromatic carbocycles. The highest BCUT2D eigenvalue weighted by molar-refractivity contribution is 5.88. The molecule has 4 heteroatoms. The summed E-state index contributed by atoms with van der Waals surface area (Å²) in [6, 6.07) is 20.0. The minimum atomic E-state index is 0.187. The van der Waals surface area contributed by atoms with E-state index >= 15 is 0 Å². The van der Waals surface area contributed by atoms with Crippen LogP contribution >= 0.6 is 0 Å². The van der Waals surface area contributed by atoms with Crippen LogP contribution in [0.1, 0.15) is 23.9 Å². The van der Waals surface area contributed by atoms with Gasteiger partial charge in [-0.3, -0.25) is 0 Å². The predicted octanol–water partition coefficient (Wildman–Crippen LogP) is 4.06. The molecule has 4 nitrogen and oxygen atoms in total. The van der Waals surface area contributed by atoms with Gasteiger partial charge in [0.2, 0.25) is 0 Å². The van der Waals surface area contributed by atoms with E-state index in [0.717, 1.165) is 16.7 Å². The van der Waals surface area contributed by atoms with Crippen molar-refractivity contribution in [2.75, 3.05) is 6.61 Å². The Balaban J connectivity index is 2.05. The van der Waals surface area contributed by atoms with Crippen LogP contribution in [0.15, 0.2) is 65.1 Å². The van der Waals surface area contributed by atoms with E-state index in [1.54, 1.807) is 0 Å². The number of hydrogen-bond donors (Lipinski definition) is 0. The second-order valence-corrected chi connectivity index (χ2v) is 4.64. The average molecular weight is 292 g/mol. The van der Waals surface area contributed by atoms with Gasteiger partial charge in [0.15, 0.2) is 0 Å². The van der Waals surface area contributed by atoms with Gasteiger partial charge in [0.25, 0.3) is 5.89 Å². The quantitative estimate of drug-likeness (QED) is 0.665. The second kappa shape index (κ2) is 6.72. The molecule has 0 aliphatic heterocycles. The van der Waals surface area contributed by atoms with Crippen molar-refractivity contribution in [2.24, 2.45) is 0 Å². The molecule has 0 bridgehead atoms. The van der Waals surface area contributed by atoms with E-state index in [0.29, 0.717) is 12.5 Å². The van der Waals surface area contributed by atoms with Crippen molar-refractivity contribution in [1.29, 1.82) is 0 Å². The molecule has 0 saturated heterocycles. The highest BCUT2D eigenvalue weighted by Gasteiger charge is 2.14. The van der Waals surface area contributed by atoms with Crippen LogP contribution in [0.2, 0.25) is 0 Å². The Bertz CT molecular complexity index is 749. The van der Waals surface area contributed by atoms with Gasteiger partial charge in [-0.15, -0.1) is 5.10 Å². The van der Waals surface area contributed by atoms with Crippen molar-refractivity contribution < 1.29 is 9.15 Å². The number of ether oxygens (including phenoxy) is 1. The number of aromatic nitrogens is 2. The van der Waals surface area contributed by atoms with Crippen LogP contribution in [0, 0.1) is 0 Å². The average Bonchev–Trinajstić information content (AvgIpc) is 3.03. The summed E-state index contributed by atoms with van der Waals surface area (Å²) < 4.78 is 10.9. The van der Waals surface area contributed by atoms with Gasteiger partial charge in [-0.25, -0.2) is 0 Å². The van der Waals surface area contributed by atoms with Crippen LogP contribution in [-0.2, 0) is 0 Å². The van der Waals surface area contributed by atoms with Crippen LogP contribution in [-0.4, -0.2) is 16.8 Å². The zero-order valence-electron chi connectivity index (χ0n) is 12.3. The number of hydrogen-bond acceptors (Lipinski definition) is 4. The van der Waals surface area contributed by atoms with Crippen molar-refractivity contribution in [3.63, 3.8) is 0 Å². The Labute approximate surface area is 129 Å². The third-order valence-electron chi connectivity index (χ3n) is 3.10. The maximum atomic E-state index is 5.60. The first-order valence-corrected chi connectivity index (χ1v) is 7.15. The van der Waals surface area contributed by atoms with Crippen LogP contribution in [0.3, 0.4) is 0 Å². The summed E-state index contributed by atoms with van der Waals surface area (Å²) >= 11 is 0. The molecule has 0 amide bonds. The Kier molecular flexibility index (Phi) is 4.30.